The van der Waals surface area contributed by atoms with Crippen molar-refractivity contribution < 1.29 is 9.53 Å². The van der Waals surface area contributed by atoms with Gasteiger partial charge in [0.25, 0.3) is 0 Å². The van der Waals surface area contributed by atoms with Gasteiger partial charge in [-0.05, 0) is 43.8 Å². The van der Waals surface area contributed by atoms with E-state index >= 15 is 0 Å². The zero-order chi connectivity index (χ0) is 16.3. The molecule has 0 aliphatic carbocycles. The molecule has 0 bridgehead atoms. The smallest absolute Gasteiger partial charge is 0.314 e. The summed E-state index contributed by atoms with van der Waals surface area (Å²) in [5.41, 5.74) is 1.37. The Kier molecular flexibility index (Phi) is 7.90. The fourth-order valence-corrected chi connectivity index (χ4v) is 2.91. The number of carbonyl (C=O) groups excluding carboxylic acids is 1. The van der Waals surface area contributed by atoms with Crippen LogP contribution in [0.5, 0.6) is 0 Å². The molecular formula is C18H29N3O2. The molecule has 128 valence electrons. The van der Waals surface area contributed by atoms with E-state index in [4.69, 9.17) is 4.74 Å². The summed E-state index contributed by atoms with van der Waals surface area (Å²) in [6.07, 6.45) is 3.15. The fourth-order valence-electron chi connectivity index (χ4n) is 2.91. The Morgan fingerprint density at radius 2 is 1.96 bits per heavy atom. The first-order valence-electron chi connectivity index (χ1n) is 8.55. The van der Waals surface area contributed by atoms with Crippen molar-refractivity contribution in [2.75, 3.05) is 39.9 Å². The highest BCUT2D eigenvalue weighted by Crippen LogP contribution is 2.18. The summed E-state index contributed by atoms with van der Waals surface area (Å²) in [6, 6.07) is 10.5. The fraction of sp³-hybridized carbons (Fsp3) is 0.611. The van der Waals surface area contributed by atoms with Crippen LogP contribution in [0.3, 0.4) is 0 Å². The molecule has 1 aliphatic heterocycles. The maximum absolute atomic E-state index is 11.7. The Morgan fingerprint density at radius 3 is 2.65 bits per heavy atom. The maximum atomic E-state index is 11.7. The summed E-state index contributed by atoms with van der Waals surface area (Å²) in [5.74, 6) is 0.590. The van der Waals surface area contributed by atoms with Crippen molar-refractivity contribution in [3.05, 3.63) is 35.9 Å². The molecule has 0 spiro atoms. The third-order valence-electron chi connectivity index (χ3n) is 4.32. The van der Waals surface area contributed by atoms with Gasteiger partial charge in [0, 0.05) is 33.4 Å². The predicted molar refractivity (Wildman–Crippen MR) is 92.3 cm³/mol. The van der Waals surface area contributed by atoms with Crippen LogP contribution >= 0.6 is 0 Å². The van der Waals surface area contributed by atoms with E-state index in [1.807, 2.05) is 0 Å². The monoisotopic (exact) mass is 319 g/mol. The summed E-state index contributed by atoms with van der Waals surface area (Å²) in [5, 5.41) is 5.84. The molecule has 5 heteroatoms. The van der Waals surface area contributed by atoms with Gasteiger partial charge in [0.2, 0.25) is 0 Å². The summed E-state index contributed by atoms with van der Waals surface area (Å²) >= 11 is 0. The number of methoxy groups -OCH3 is 1. The molecule has 1 fully saturated rings. The molecule has 5 nitrogen and oxygen atoms in total. The van der Waals surface area contributed by atoms with Crippen LogP contribution in [-0.2, 0) is 11.3 Å². The quantitative estimate of drug-likeness (QED) is 0.723. The van der Waals surface area contributed by atoms with Gasteiger partial charge in [0.1, 0.15) is 0 Å². The van der Waals surface area contributed by atoms with Gasteiger partial charge < -0.3 is 15.4 Å². The lowest BCUT2D eigenvalue weighted by Crippen LogP contribution is -2.42. The van der Waals surface area contributed by atoms with Crippen molar-refractivity contribution >= 4 is 6.03 Å². The van der Waals surface area contributed by atoms with E-state index < -0.39 is 0 Å². The van der Waals surface area contributed by atoms with E-state index in [0.717, 1.165) is 45.4 Å². The number of hydrogen-bond acceptors (Lipinski definition) is 3. The van der Waals surface area contributed by atoms with E-state index in [1.165, 1.54) is 5.56 Å². The van der Waals surface area contributed by atoms with Crippen molar-refractivity contribution in [1.29, 1.82) is 0 Å². The van der Waals surface area contributed by atoms with Crippen LogP contribution in [-0.4, -0.2) is 50.8 Å². The first-order chi connectivity index (χ1) is 11.3. The van der Waals surface area contributed by atoms with E-state index in [9.17, 15) is 4.79 Å². The van der Waals surface area contributed by atoms with Gasteiger partial charge in [0.15, 0.2) is 0 Å². The lowest BCUT2D eigenvalue weighted by atomic mass is 9.96. The highest BCUT2D eigenvalue weighted by molar-refractivity contribution is 5.73. The second kappa shape index (κ2) is 10.2. The van der Waals surface area contributed by atoms with E-state index in [2.05, 4.69) is 45.9 Å². The van der Waals surface area contributed by atoms with Crippen LogP contribution in [0.15, 0.2) is 30.3 Å². The van der Waals surface area contributed by atoms with Crippen molar-refractivity contribution in [2.45, 2.75) is 25.8 Å². The van der Waals surface area contributed by atoms with Crippen molar-refractivity contribution in [3.8, 4) is 0 Å². The number of carbonyl (C=O) groups is 1. The highest BCUT2D eigenvalue weighted by atomic mass is 16.5. The lowest BCUT2D eigenvalue weighted by molar-refractivity contribution is 0.174. The number of hydrogen-bond donors (Lipinski definition) is 2. The van der Waals surface area contributed by atoms with Gasteiger partial charge >= 0.3 is 6.03 Å². The largest absolute Gasteiger partial charge is 0.385 e. The topological polar surface area (TPSA) is 53.6 Å². The summed E-state index contributed by atoms with van der Waals surface area (Å²) < 4.78 is 4.96. The molecule has 1 saturated heterocycles. The predicted octanol–water partition coefficient (Wildman–Crippen LogP) is 2.23. The van der Waals surface area contributed by atoms with Gasteiger partial charge in [-0.25, -0.2) is 4.79 Å². The van der Waals surface area contributed by atoms with Crippen molar-refractivity contribution in [1.82, 2.24) is 15.5 Å². The minimum Gasteiger partial charge on any atom is -0.385 e. The number of nitrogens with zero attached hydrogens (tertiary/aromatic N) is 1. The van der Waals surface area contributed by atoms with Crippen LogP contribution < -0.4 is 10.6 Å². The zero-order valence-corrected chi connectivity index (χ0v) is 14.1. The van der Waals surface area contributed by atoms with E-state index in [0.29, 0.717) is 19.1 Å². The number of ether oxygens (including phenoxy) is 1. The molecule has 0 aromatic heterocycles. The number of amides is 2. The van der Waals surface area contributed by atoms with Crippen LogP contribution in [0.4, 0.5) is 4.79 Å². The Balaban J connectivity index is 1.57. The van der Waals surface area contributed by atoms with Gasteiger partial charge in [-0.15, -0.1) is 0 Å². The molecule has 0 atom stereocenters. The Bertz CT molecular complexity index is 445. The molecule has 1 heterocycles. The molecule has 2 N–H and O–H groups in total. The lowest BCUT2D eigenvalue weighted by Gasteiger charge is -2.32. The number of likely N-dealkylation sites (tertiary alicyclic amines) is 1. The molecule has 2 rings (SSSR count). The van der Waals surface area contributed by atoms with E-state index in [1.54, 1.807) is 7.11 Å². The SMILES string of the molecule is COCCCNC(=O)NCC1CCN(Cc2ccccc2)CC1. The number of nitrogens with one attached hydrogen (secondary N) is 2. The Morgan fingerprint density at radius 1 is 1.22 bits per heavy atom. The standard InChI is InChI=1S/C18H29N3O2/c1-23-13-5-10-19-18(22)20-14-16-8-11-21(12-9-16)15-17-6-3-2-4-7-17/h2-4,6-7,16H,5,8-15H2,1H3,(H2,19,20,22). The van der Waals surface area contributed by atoms with Gasteiger partial charge in [-0.3, -0.25) is 4.90 Å². The van der Waals surface area contributed by atoms with Crippen LogP contribution in [0.25, 0.3) is 0 Å². The second-order valence-corrected chi connectivity index (χ2v) is 6.19. The summed E-state index contributed by atoms with van der Waals surface area (Å²) in [6.45, 7) is 5.36. The van der Waals surface area contributed by atoms with Crippen molar-refractivity contribution in [3.63, 3.8) is 0 Å². The van der Waals surface area contributed by atoms with Crippen LogP contribution in [0, 0.1) is 5.92 Å². The number of rotatable bonds is 8. The minimum atomic E-state index is -0.0622. The van der Waals surface area contributed by atoms with Gasteiger partial charge in [-0.1, -0.05) is 30.3 Å². The van der Waals surface area contributed by atoms with Gasteiger partial charge in [0.05, 0.1) is 0 Å². The van der Waals surface area contributed by atoms with Gasteiger partial charge in [-0.2, -0.15) is 0 Å². The summed E-state index contributed by atoms with van der Waals surface area (Å²) in [7, 11) is 1.67. The number of urea groups is 1. The molecule has 0 unspecified atom stereocenters. The normalized spacial score (nSPS) is 16.2. The molecule has 1 aromatic carbocycles. The van der Waals surface area contributed by atoms with E-state index in [-0.39, 0.29) is 6.03 Å². The highest BCUT2D eigenvalue weighted by Gasteiger charge is 2.19. The molecule has 2 amide bonds. The van der Waals surface area contributed by atoms with Crippen molar-refractivity contribution in [2.24, 2.45) is 5.92 Å². The number of piperidine rings is 1. The Labute approximate surface area is 139 Å². The summed E-state index contributed by atoms with van der Waals surface area (Å²) in [4.78, 5) is 14.2. The third-order valence-corrected chi connectivity index (χ3v) is 4.32. The average Bonchev–Trinajstić information content (AvgIpc) is 2.59. The number of benzene rings is 1. The first-order valence-corrected chi connectivity index (χ1v) is 8.55. The molecule has 0 radical (unpaired) electrons. The second-order valence-electron chi connectivity index (χ2n) is 6.19. The molecule has 0 saturated carbocycles. The van der Waals surface area contributed by atoms with Crippen LogP contribution in [0.2, 0.25) is 0 Å². The van der Waals surface area contributed by atoms with Crippen LogP contribution in [0.1, 0.15) is 24.8 Å². The molecule has 23 heavy (non-hydrogen) atoms. The maximum Gasteiger partial charge on any atom is 0.314 e. The zero-order valence-electron chi connectivity index (χ0n) is 14.1. The Hall–Kier alpha value is -1.59. The minimum absolute atomic E-state index is 0.0622. The first kappa shape index (κ1) is 17.8. The molecule has 1 aromatic rings. The molecule has 1 aliphatic rings. The third kappa shape index (κ3) is 7.01. The average molecular weight is 319 g/mol. The molecular weight excluding hydrogens is 290 g/mol.